The van der Waals surface area contributed by atoms with E-state index >= 15 is 0 Å². The smallest absolute Gasteiger partial charge is 0.233 e. The second kappa shape index (κ2) is 7.33. The molecule has 0 aliphatic carbocycles. The summed E-state index contributed by atoms with van der Waals surface area (Å²) in [6.45, 7) is 7.70. The number of ether oxygens (including phenoxy) is 1. The van der Waals surface area contributed by atoms with Gasteiger partial charge in [-0.3, -0.25) is 4.79 Å². The molecule has 1 saturated heterocycles. The van der Waals surface area contributed by atoms with E-state index in [1.165, 1.54) is 0 Å². The molecule has 6 heteroatoms. The highest BCUT2D eigenvalue weighted by Gasteiger charge is 2.33. The van der Waals surface area contributed by atoms with Gasteiger partial charge in [0, 0.05) is 19.7 Å². The van der Waals surface area contributed by atoms with E-state index in [1.807, 2.05) is 20.8 Å². The first-order valence-corrected chi connectivity index (χ1v) is 6.89. The molecule has 1 aliphatic heterocycles. The third-order valence-electron chi connectivity index (χ3n) is 3.46. The molecule has 2 atom stereocenters. The number of oxime groups is 1. The van der Waals surface area contributed by atoms with Gasteiger partial charge in [0.15, 0.2) is 5.84 Å². The van der Waals surface area contributed by atoms with Gasteiger partial charge in [-0.15, -0.1) is 0 Å². The lowest BCUT2D eigenvalue weighted by Crippen LogP contribution is -2.49. The molecule has 0 aromatic carbocycles. The summed E-state index contributed by atoms with van der Waals surface area (Å²) >= 11 is 0. The quantitative estimate of drug-likeness (QED) is 0.338. The summed E-state index contributed by atoms with van der Waals surface area (Å²) in [7, 11) is 0. The molecule has 3 N–H and O–H groups in total. The average Bonchev–Trinajstić information content (AvgIpc) is 2.39. The van der Waals surface area contributed by atoms with Crippen molar-refractivity contribution in [3.8, 4) is 0 Å². The van der Waals surface area contributed by atoms with Crippen LogP contribution in [0, 0.1) is 11.8 Å². The maximum atomic E-state index is 12.5. The molecule has 0 bridgehead atoms. The molecule has 0 aromatic heterocycles. The lowest BCUT2D eigenvalue weighted by atomic mass is 9.92. The Morgan fingerprint density at radius 3 is 2.79 bits per heavy atom. The van der Waals surface area contributed by atoms with Crippen molar-refractivity contribution in [3.05, 3.63) is 0 Å². The summed E-state index contributed by atoms with van der Waals surface area (Å²) in [5.41, 5.74) is 5.64. The van der Waals surface area contributed by atoms with Gasteiger partial charge >= 0.3 is 0 Å². The van der Waals surface area contributed by atoms with E-state index in [9.17, 15) is 4.79 Å². The van der Waals surface area contributed by atoms with Crippen molar-refractivity contribution < 1.29 is 14.7 Å². The van der Waals surface area contributed by atoms with E-state index in [-0.39, 0.29) is 23.8 Å². The van der Waals surface area contributed by atoms with E-state index in [0.29, 0.717) is 19.7 Å². The molecule has 0 aromatic rings. The Balaban J connectivity index is 2.74. The minimum atomic E-state index is -0.564. The number of amidine groups is 1. The summed E-state index contributed by atoms with van der Waals surface area (Å²) in [5.74, 6) is -0.658. The fourth-order valence-corrected chi connectivity index (χ4v) is 2.52. The molecule has 19 heavy (non-hydrogen) atoms. The van der Waals surface area contributed by atoms with Gasteiger partial charge in [-0.2, -0.15) is 0 Å². The SMILES string of the molecule is CCOC1CCCN(C(=O)C(C(N)=NO)C(C)C)C1. The van der Waals surface area contributed by atoms with Crippen LogP contribution < -0.4 is 5.73 Å². The van der Waals surface area contributed by atoms with Gasteiger partial charge in [0.25, 0.3) is 0 Å². The Labute approximate surface area is 114 Å². The molecular weight excluding hydrogens is 246 g/mol. The minimum Gasteiger partial charge on any atom is -0.409 e. The van der Waals surface area contributed by atoms with E-state index < -0.39 is 5.92 Å². The zero-order chi connectivity index (χ0) is 14.4. The Morgan fingerprint density at radius 2 is 2.26 bits per heavy atom. The summed E-state index contributed by atoms with van der Waals surface area (Å²) in [6, 6.07) is 0. The van der Waals surface area contributed by atoms with E-state index in [2.05, 4.69) is 5.16 Å². The first kappa shape index (κ1) is 15.8. The van der Waals surface area contributed by atoms with Crippen molar-refractivity contribution in [2.45, 2.75) is 39.7 Å². The molecule has 1 heterocycles. The van der Waals surface area contributed by atoms with Crippen LogP contribution in [-0.2, 0) is 9.53 Å². The molecule has 1 amide bonds. The topological polar surface area (TPSA) is 88.2 Å². The number of amides is 1. The zero-order valence-corrected chi connectivity index (χ0v) is 12.0. The largest absolute Gasteiger partial charge is 0.409 e. The molecule has 2 unspecified atom stereocenters. The van der Waals surface area contributed by atoms with Crippen molar-refractivity contribution in [3.63, 3.8) is 0 Å². The maximum absolute atomic E-state index is 12.5. The van der Waals surface area contributed by atoms with E-state index in [1.54, 1.807) is 4.90 Å². The van der Waals surface area contributed by atoms with Crippen LogP contribution in [0.1, 0.15) is 33.6 Å². The highest BCUT2D eigenvalue weighted by atomic mass is 16.5. The molecule has 1 rings (SSSR count). The zero-order valence-electron chi connectivity index (χ0n) is 12.0. The standard InChI is InChI=1S/C13H25N3O3/c1-4-19-10-6-5-7-16(8-10)13(17)11(9(2)3)12(14)15-18/h9-11,18H,4-8H2,1-3H3,(H2,14,15). The second-order valence-electron chi connectivity index (χ2n) is 5.25. The number of hydrogen-bond donors (Lipinski definition) is 2. The van der Waals surface area contributed by atoms with Gasteiger partial charge < -0.3 is 20.6 Å². The average molecular weight is 271 g/mol. The van der Waals surface area contributed by atoms with Crippen LogP contribution in [0.25, 0.3) is 0 Å². The molecule has 6 nitrogen and oxygen atoms in total. The monoisotopic (exact) mass is 271 g/mol. The Hall–Kier alpha value is -1.30. The lowest BCUT2D eigenvalue weighted by molar-refractivity contribution is -0.138. The van der Waals surface area contributed by atoms with Crippen molar-refractivity contribution >= 4 is 11.7 Å². The number of likely N-dealkylation sites (tertiary alicyclic amines) is 1. The van der Waals surface area contributed by atoms with Crippen LogP contribution in [0.4, 0.5) is 0 Å². The van der Waals surface area contributed by atoms with Crippen LogP contribution in [0.15, 0.2) is 5.16 Å². The number of rotatable bonds is 5. The van der Waals surface area contributed by atoms with Crippen LogP contribution in [0.5, 0.6) is 0 Å². The van der Waals surface area contributed by atoms with Crippen LogP contribution in [0.2, 0.25) is 0 Å². The summed E-state index contributed by atoms with van der Waals surface area (Å²) < 4.78 is 5.59. The lowest BCUT2D eigenvalue weighted by Gasteiger charge is -2.35. The molecule has 1 aliphatic rings. The number of carbonyl (C=O) groups excluding carboxylic acids is 1. The number of nitrogens with zero attached hydrogens (tertiary/aromatic N) is 2. The van der Waals surface area contributed by atoms with Crippen molar-refractivity contribution in [1.82, 2.24) is 4.90 Å². The molecule has 0 spiro atoms. The summed E-state index contributed by atoms with van der Waals surface area (Å²) in [5, 5.41) is 11.8. The van der Waals surface area contributed by atoms with Gasteiger partial charge in [-0.1, -0.05) is 19.0 Å². The predicted molar refractivity (Wildman–Crippen MR) is 73.0 cm³/mol. The minimum absolute atomic E-state index is 0.00382. The van der Waals surface area contributed by atoms with Gasteiger partial charge in [0.05, 0.1) is 6.10 Å². The summed E-state index contributed by atoms with van der Waals surface area (Å²) in [4.78, 5) is 14.3. The number of hydrogen-bond acceptors (Lipinski definition) is 4. The third kappa shape index (κ3) is 4.09. The molecule has 0 radical (unpaired) electrons. The fraction of sp³-hybridized carbons (Fsp3) is 0.846. The third-order valence-corrected chi connectivity index (χ3v) is 3.46. The number of carbonyl (C=O) groups is 1. The highest BCUT2D eigenvalue weighted by molar-refractivity contribution is 6.02. The Kier molecular flexibility index (Phi) is 6.08. The van der Waals surface area contributed by atoms with Crippen LogP contribution in [-0.4, -0.2) is 47.7 Å². The molecule has 0 saturated carbocycles. The van der Waals surface area contributed by atoms with Gasteiger partial charge in [0.1, 0.15) is 5.92 Å². The first-order valence-electron chi connectivity index (χ1n) is 6.89. The van der Waals surface area contributed by atoms with Crippen molar-refractivity contribution in [2.75, 3.05) is 19.7 Å². The van der Waals surface area contributed by atoms with Gasteiger partial charge in [-0.05, 0) is 25.7 Å². The normalized spacial score (nSPS) is 22.6. The van der Waals surface area contributed by atoms with Crippen molar-refractivity contribution in [1.29, 1.82) is 0 Å². The fourth-order valence-electron chi connectivity index (χ4n) is 2.52. The first-order chi connectivity index (χ1) is 9.01. The van der Waals surface area contributed by atoms with Crippen LogP contribution in [0.3, 0.4) is 0 Å². The second-order valence-corrected chi connectivity index (χ2v) is 5.25. The molecule has 110 valence electrons. The van der Waals surface area contributed by atoms with Crippen LogP contribution >= 0.6 is 0 Å². The molecule has 1 fully saturated rings. The van der Waals surface area contributed by atoms with Gasteiger partial charge in [0.2, 0.25) is 5.91 Å². The van der Waals surface area contributed by atoms with Crippen molar-refractivity contribution in [2.24, 2.45) is 22.7 Å². The number of piperidine rings is 1. The maximum Gasteiger partial charge on any atom is 0.233 e. The Morgan fingerprint density at radius 1 is 1.58 bits per heavy atom. The summed E-state index contributed by atoms with van der Waals surface area (Å²) in [6.07, 6.45) is 2.01. The highest BCUT2D eigenvalue weighted by Crippen LogP contribution is 2.20. The van der Waals surface area contributed by atoms with E-state index in [0.717, 1.165) is 12.8 Å². The molecular formula is C13H25N3O3. The van der Waals surface area contributed by atoms with E-state index in [4.69, 9.17) is 15.7 Å². The predicted octanol–water partition coefficient (Wildman–Crippen LogP) is 1.03. The Bertz CT molecular complexity index is 329. The number of nitrogens with two attached hydrogens (primary N) is 1. The van der Waals surface area contributed by atoms with Gasteiger partial charge in [-0.25, -0.2) is 0 Å².